The van der Waals surface area contributed by atoms with Crippen molar-refractivity contribution in [3.05, 3.63) is 46.1 Å². The minimum Gasteiger partial charge on any atom is -0.341 e. The van der Waals surface area contributed by atoms with Gasteiger partial charge in [0.2, 0.25) is 5.91 Å². The first-order valence-corrected chi connectivity index (χ1v) is 9.72. The van der Waals surface area contributed by atoms with Gasteiger partial charge in [-0.1, -0.05) is 42.1 Å². The third-order valence-corrected chi connectivity index (χ3v) is 5.75. The van der Waals surface area contributed by atoms with Gasteiger partial charge in [0.15, 0.2) is 5.16 Å². The van der Waals surface area contributed by atoms with Gasteiger partial charge in [-0.05, 0) is 12.5 Å². The number of nitrogens with zero attached hydrogens (tertiary/aromatic N) is 2. The lowest BCUT2D eigenvalue weighted by atomic mass is 10.1. The maximum Gasteiger partial charge on any atom is 0.321 e. The number of benzene rings is 1. The van der Waals surface area contributed by atoms with Crippen LogP contribution >= 0.6 is 23.1 Å². The summed E-state index contributed by atoms with van der Waals surface area (Å²) in [6, 6.07) is 8.91. The fourth-order valence-electron chi connectivity index (χ4n) is 2.39. The molecule has 3 rings (SSSR count). The zero-order valence-electron chi connectivity index (χ0n) is 14.6. The van der Waals surface area contributed by atoms with Crippen LogP contribution in [0.1, 0.15) is 6.92 Å². The molecule has 0 unspecified atom stereocenters. The van der Waals surface area contributed by atoms with Crippen molar-refractivity contribution in [2.45, 2.75) is 17.3 Å². The van der Waals surface area contributed by atoms with Crippen LogP contribution < -0.4 is 22.0 Å². The average molecular weight is 403 g/mol. The van der Waals surface area contributed by atoms with Crippen LogP contribution in [0.25, 0.3) is 21.3 Å². The number of carbonyl (C=O) groups is 2. The topological polar surface area (TPSA) is 119 Å². The second-order valence-corrected chi connectivity index (χ2v) is 7.76. The summed E-state index contributed by atoms with van der Waals surface area (Å²) >= 11 is 2.34. The first-order chi connectivity index (χ1) is 12.9. The minimum atomic E-state index is -0.671. The summed E-state index contributed by atoms with van der Waals surface area (Å²) in [5.74, 6) is 5.44. The molecule has 2 aromatic heterocycles. The predicted molar refractivity (Wildman–Crippen MR) is 107 cm³/mol. The van der Waals surface area contributed by atoms with Crippen molar-refractivity contribution < 1.29 is 9.59 Å². The molecule has 0 saturated carbocycles. The highest BCUT2D eigenvalue weighted by Gasteiger charge is 2.21. The molecule has 10 heteroatoms. The Labute approximate surface area is 162 Å². The number of nitrogens with two attached hydrogens (primary N) is 1. The van der Waals surface area contributed by atoms with E-state index >= 15 is 0 Å². The molecular weight excluding hydrogens is 386 g/mol. The van der Waals surface area contributed by atoms with Crippen LogP contribution in [-0.4, -0.2) is 33.9 Å². The van der Waals surface area contributed by atoms with Crippen LogP contribution in [0.5, 0.6) is 0 Å². The van der Waals surface area contributed by atoms with E-state index < -0.39 is 17.2 Å². The molecule has 0 saturated heterocycles. The Morgan fingerprint density at radius 3 is 2.67 bits per heavy atom. The summed E-state index contributed by atoms with van der Waals surface area (Å²) in [6.45, 7) is 1.60. The third kappa shape index (κ3) is 3.81. The zero-order valence-corrected chi connectivity index (χ0v) is 16.2. The smallest absolute Gasteiger partial charge is 0.321 e. The molecule has 1 atom stereocenters. The van der Waals surface area contributed by atoms with Gasteiger partial charge in [0, 0.05) is 18.0 Å². The van der Waals surface area contributed by atoms with E-state index in [-0.39, 0.29) is 10.7 Å². The van der Waals surface area contributed by atoms with Gasteiger partial charge in [-0.3, -0.25) is 14.9 Å². The van der Waals surface area contributed by atoms with E-state index in [0.717, 1.165) is 27.6 Å². The van der Waals surface area contributed by atoms with Gasteiger partial charge in [0.25, 0.3) is 5.56 Å². The van der Waals surface area contributed by atoms with E-state index in [9.17, 15) is 14.4 Å². The van der Waals surface area contributed by atoms with Crippen molar-refractivity contribution in [2.75, 3.05) is 12.9 Å². The molecule has 0 spiro atoms. The summed E-state index contributed by atoms with van der Waals surface area (Å²) < 4.78 is 0.940. The number of thiophene rings is 1. The normalized spacial score (nSPS) is 11.9. The Kier molecular flexibility index (Phi) is 5.47. The zero-order chi connectivity index (χ0) is 19.6. The molecule has 3 aromatic rings. The largest absolute Gasteiger partial charge is 0.341 e. The standard InChI is InChI=1S/C17H17N5O3S2/c1-9(13(23)20-16(25)19-2)27-17-21-14-12(15(24)22(17)18)11(8-26-14)10-6-4-3-5-7-10/h3-9H,18H2,1-2H3,(H2,19,20,23,25)/t9-/m1/s1. The van der Waals surface area contributed by atoms with Crippen LogP contribution in [0.4, 0.5) is 4.79 Å². The van der Waals surface area contributed by atoms with Gasteiger partial charge in [-0.2, -0.15) is 0 Å². The Hall–Kier alpha value is -2.85. The second-order valence-electron chi connectivity index (χ2n) is 5.59. The Bertz CT molecular complexity index is 1060. The summed E-state index contributed by atoms with van der Waals surface area (Å²) in [5.41, 5.74) is 1.29. The number of hydrogen-bond acceptors (Lipinski definition) is 7. The molecule has 140 valence electrons. The number of fused-ring (bicyclic) bond motifs is 1. The van der Waals surface area contributed by atoms with Crippen molar-refractivity contribution in [3.63, 3.8) is 0 Å². The Balaban J connectivity index is 1.95. The molecule has 0 aliphatic carbocycles. The number of nitrogens with one attached hydrogen (secondary N) is 2. The molecule has 0 bridgehead atoms. The van der Waals surface area contributed by atoms with E-state index in [2.05, 4.69) is 15.6 Å². The van der Waals surface area contributed by atoms with Gasteiger partial charge in [0.1, 0.15) is 4.83 Å². The first-order valence-electron chi connectivity index (χ1n) is 7.96. The maximum atomic E-state index is 12.8. The van der Waals surface area contributed by atoms with Crippen LogP contribution in [0.3, 0.4) is 0 Å². The van der Waals surface area contributed by atoms with Crippen molar-refractivity contribution in [1.29, 1.82) is 0 Å². The molecule has 1 aromatic carbocycles. The van der Waals surface area contributed by atoms with Gasteiger partial charge < -0.3 is 11.2 Å². The fourth-order valence-corrected chi connectivity index (χ4v) is 4.20. The third-order valence-electron chi connectivity index (χ3n) is 3.81. The molecule has 4 N–H and O–H groups in total. The summed E-state index contributed by atoms with van der Waals surface area (Å²) in [4.78, 5) is 41.1. The molecule has 8 nitrogen and oxygen atoms in total. The Morgan fingerprint density at radius 2 is 2.00 bits per heavy atom. The number of urea groups is 1. The van der Waals surface area contributed by atoms with Crippen LogP contribution in [-0.2, 0) is 4.79 Å². The van der Waals surface area contributed by atoms with E-state index in [1.54, 1.807) is 6.92 Å². The van der Waals surface area contributed by atoms with Crippen molar-refractivity contribution >= 4 is 45.3 Å². The molecule has 2 heterocycles. The highest BCUT2D eigenvalue weighted by atomic mass is 32.2. The number of nitrogen functional groups attached to an aromatic ring is 1. The van der Waals surface area contributed by atoms with E-state index in [1.165, 1.54) is 18.4 Å². The average Bonchev–Trinajstić information content (AvgIpc) is 3.10. The van der Waals surface area contributed by atoms with E-state index in [0.29, 0.717) is 10.2 Å². The molecule has 3 amide bonds. The summed E-state index contributed by atoms with van der Waals surface area (Å²) in [5, 5.41) is 6.33. The Morgan fingerprint density at radius 1 is 1.30 bits per heavy atom. The number of imide groups is 1. The van der Waals surface area contributed by atoms with E-state index in [4.69, 9.17) is 5.84 Å². The lowest BCUT2D eigenvalue weighted by Crippen LogP contribution is -2.41. The van der Waals surface area contributed by atoms with Crippen molar-refractivity contribution in [2.24, 2.45) is 0 Å². The van der Waals surface area contributed by atoms with Gasteiger partial charge in [-0.25, -0.2) is 14.5 Å². The molecular formula is C17H17N5O3S2. The SMILES string of the molecule is CNC(=O)NC(=O)[C@@H](C)Sc1nc2scc(-c3ccccc3)c2c(=O)n1N. The highest BCUT2D eigenvalue weighted by Crippen LogP contribution is 2.32. The summed E-state index contributed by atoms with van der Waals surface area (Å²) in [6.07, 6.45) is 0. The fraction of sp³-hybridized carbons (Fsp3) is 0.176. The number of amides is 3. The number of aromatic nitrogens is 2. The first kappa shape index (κ1) is 18.9. The lowest BCUT2D eigenvalue weighted by molar-refractivity contribution is -0.119. The lowest BCUT2D eigenvalue weighted by Gasteiger charge is -2.12. The number of rotatable bonds is 4. The number of carbonyl (C=O) groups excluding carboxylic acids is 2. The molecule has 27 heavy (non-hydrogen) atoms. The molecule has 0 radical (unpaired) electrons. The number of hydrogen-bond donors (Lipinski definition) is 3. The van der Waals surface area contributed by atoms with Crippen molar-refractivity contribution in [1.82, 2.24) is 20.3 Å². The maximum absolute atomic E-state index is 12.8. The second kappa shape index (κ2) is 7.80. The van der Waals surface area contributed by atoms with Crippen molar-refractivity contribution in [3.8, 4) is 11.1 Å². The van der Waals surface area contributed by atoms with E-state index in [1.807, 2.05) is 35.7 Å². The molecule has 0 aliphatic heterocycles. The minimum absolute atomic E-state index is 0.202. The van der Waals surface area contributed by atoms with Crippen LogP contribution in [0.2, 0.25) is 0 Å². The van der Waals surface area contributed by atoms with Crippen LogP contribution in [0, 0.1) is 0 Å². The predicted octanol–water partition coefficient (Wildman–Crippen LogP) is 1.77. The van der Waals surface area contributed by atoms with Gasteiger partial charge >= 0.3 is 6.03 Å². The van der Waals surface area contributed by atoms with Gasteiger partial charge in [-0.15, -0.1) is 11.3 Å². The molecule has 0 fully saturated rings. The summed E-state index contributed by atoms with van der Waals surface area (Å²) in [7, 11) is 1.41. The monoisotopic (exact) mass is 403 g/mol. The number of thioether (sulfide) groups is 1. The highest BCUT2D eigenvalue weighted by molar-refractivity contribution is 8.00. The quantitative estimate of drug-likeness (QED) is 0.347. The van der Waals surface area contributed by atoms with Gasteiger partial charge in [0.05, 0.1) is 10.6 Å². The van der Waals surface area contributed by atoms with Crippen LogP contribution in [0.15, 0.2) is 45.7 Å². The molecule has 0 aliphatic rings.